The number of halogens is 1. The summed E-state index contributed by atoms with van der Waals surface area (Å²) in [6.07, 6.45) is 0. The number of benzene rings is 1. The lowest BCUT2D eigenvalue weighted by atomic mass is 10.2. The molecule has 0 heterocycles. The Morgan fingerprint density at radius 1 is 1.56 bits per heavy atom. The van der Waals surface area contributed by atoms with E-state index >= 15 is 0 Å². The second-order valence-electron chi connectivity index (χ2n) is 4.36. The van der Waals surface area contributed by atoms with E-state index in [4.69, 9.17) is 16.9 Å². The molecule has 0 fully saturated rings. The molecular formula is C13H16ClN3O. The molecule has 1 N–H and O–H groups in total. The number of carbonyl (C=O) groups is 1. The van der Waals surface area contributed by atoms with Crippen molar-refractivity contribution < 1.29 is 4.79 Å². The topological polar surface area (TPSA) is 56.1 Å². The highest BCUT2D eigenvalue weighted by atomic mass is 35.5. The number of anilines is 1. The third-order valence-electron chi connectivity index (χ3n) is 2.32. The van der Waals surface area contributed by atoms with Crippen LogP contribution in [0.5, 0.6) is 0 Å². The number of likely N-dealkylation sites (N-methyl/N-ethyl adjacent to an activating group) is 1. The molecule has 0 radical (unpaired) electrons. The molecule has 1 aromatic carbocycles. The zero-order valence-electron chi connectivity index (χ0n) is 10.7. The lowest BCUT2D eigenvalue weighted by Crippen LogP contribution is -2.38. The molecule has 0 aliphatic carbocycles. The summed E-state index contributed by atoms with van der Waals surface area (Å²) in [6.45, 7) is 4.04. The van der Waals surface area contributed by atoms with Gasteiger partial charge in [0.15, 0.2) is 0 Å². The Bertz CT molecular complexity index is 480. The Kier molecular flexibility index (Phi) is 4.99. The number of rotatable bonds is 4. The van der Waals surface area contributed by atoms with E-state index in [0.717, 1.165) is 5.69 Å². The zero-order chi connectivity index (χ0) is 13.7. The van der Waals surface area contributed by atoms with Gasteiger partial charge in [-0.05, 0) is 32.0 Å². The Labute approximate surface area is 112 Å². The van der Waals surface area contributed by atoms with Crippen molar-refractivity contribution in [3.8, 4) is 6.07 Å². The summed E-state index contributed by atoms with van der Waals surface area (Å²) < 4.78 is 0. The summed E-state index contributed by atoms with van der Waals surface area (Å²) in [4.78, 5) is 13.4. The van der Waals surface area contributed by atoms with Gasteiger partial charge < -0.3 is 10.2 Å². The molecule has 0 bridgehead atoms. The summed E-state index contributed by atoms with van der Waals surface area (Å²) in [5.74, 6) is -0.0621. The van der Waals surface area contributed by atoms with Gasteiger partial charge in [0.25, 0.3) is 0 Å². The predicted molar refractivity (Wildman–Crippen MR) is 72.7 cm³/mol. The van der Waals surface area contributed by atoms with E-state index in [0.29, 0.717) is 10.6 Å². The zero-order valence-corrected chi connectivity index (χ0v) is 11.5. The van der Waals surface area contributed by atoms with E-state index in [2.05, 4.69) is 5.32 Å². The van der Waals surface area contributed by atoms with Gasteiger partial charge in [-0.3, -0.25) is 4.79 Å². The predicted octanol–water partition coefficient (Wildman–Crippen LogP) is 2.17. The molecule has 1 amide bonds. The van der Waals surface area contributed by atoms with Crippen LogP contribution in [0.15, 0.2) is 18.2 Å². The minimum Gasteiger partial charge on any atom is -0.364 e. The first-order valence-corrected chi connectivity index (χ1v) is 6.02. The van der Waals surface area contributed by atoms with Gasteiger partial charge in [0, 0.05) is 13.1 Å². The monoisotopic (exact) mass is 265 g/mol. The maximum absolute atomic E-state index is 11.6. The second-order valence-corrected chi connectivity index (χ2v) is 4.76. The summed E-state index contributed by atoms with van der Waals surface area (Å²) in [5, 5.41) is 12.0. The minimum atomic E-state index is -0.0621. The number of hydrogen-bond donors (Lipinski definition) is 1. The molecule has 0 spiro atoms. The van der Waals surface area contributed by atoms with Crippen molar-refractivity contribution in [3.63, 3.8) is 0 Å². The van der Waals surface area contributed by atoms with Crippen molar-refractivity contribution >= 4 is 23.2 Å². The highest BCUT2D eigenvalue weighted by Gasteiger charge is 2.11. The summed E-state index contributed by atoms with van der Waals surface area (Å²) in [6, 6.07) is 7.14. The van der Waals surface area contributed by atoms with Crippen molar-refractivity contribution in [1.29, 1.82) is 5.26 Å². The summed E-state index contributed by atoms with van der Waals surface area (Å²) in [5.41, 5.74) is 1.23. The van der Waals surface area contributed by atoms with Crippen LogP contribution < -0.4 is 10.2 Å². The average Bonchev–Trinajstić information content (AvgIpc) is 2.27. The molecule has 0 aliphatic rings. The van der Waals surface area contributed by atoms with E-state index in [-0.39, 0.29) is 18.5 Å². The van der Waals surface area contributed by atoms with Crippen molar-refractivity contribution in [2.45, 2.75) is 19.9 Å². The number of hydrogen-bond acceptors (Lipinski definition) is 3. The van der Waals surface area contributed by atoms with Crippen LogP contribution >= 0.6 is 11.6 Å². The SMILES string of the molecule is CC(C)NC(=O)CN(C)c1ccc(C#N)cc1Cl. The first-order chi connectivity index (χ1) is 8.43. The molecule has 4 nitrogen and oxygen atoms in total. The van der Waals surface area contributed by atoms with Gasteiger partial charge in [-0.1, -0.05) is 11.6 Å². The van der Waals surface area contributed by atoms with Gasteiger partial charge in [0.1, 0.15) is 0 Å². The van der Waals surface area contributed by atoms with E-state index in [1.54, 1.807) is 30.1 Å². The van der Waals surface area contributed by atoms with E-state index < -0.39 is 0 Å². The van der Waals surface area contributed by atoms with Crippen LogP contribution in [0.4, 0.5) is 5.69 Å². The molecule has 0 atom stereocenters. The van der Waals surface area contributed by atoms with Crippen LogP contribution in [0.3, 0.4) is 0 Å². The largest absolute Gasteiger partial charge is 0.364 e. The highest BCUT2D eigenvalue weighted by Crippen LogP contribution is 2.25. The minimum absolute atomic E-state index is 0.0621. The van der Waals surface area contributed by atoms with Crippen molar-refractivity contribution in [2.75, 3.05) is 18.5 Å². The molecule has 0 aromatic heterocycles. The quantitative estimate of drug-likeness (QED) is 0.908. The Morgan fingerprint density at radius 3 is 2.72 bits per heavy atom. The van der Waals surface area contributed by atoms with E-state index in [1.807, 2.05) is 19.9 Å². The Balaban J connectivity index is 2.76. The fourth-order valence-corrected chi connectivity index (χ4v) is 1.88. The third kappa shape index (κ3) is 3.94. The molecule has 0 saturated carbocycles. The number of carbonyl (C=O) groups excluding carboxylic acids is 1. The van der Waals surface area contributed by atoms with Crippen LogP contribution in [0.2, 0.25) is 5.02 Å². The molecule has 1 rings (SSSR count). The molecule has 96 valence electrons. The van der Waals surface area contributed by atoms with Crippen molar-refractivity contribution in [2.24, 2.45) is 0 Å². The van der Waals surface area contributed by atoms with Crippen LogP contribution in [-0.2, 0) is 4.79 Å². The molecular weight excluding hydrogens is 250 g/mol. The lowest BCUT2D eigenvalue weighted by molar-refractivity contribution is -0.120. The molecule has 5 heteroatoms. The van der Waals surface area contributed by atoms with Gasteiger partial charge in [-0.15, -0.1) is 0 Å². The fraction of sp³-hybridized carbons (Fsp3) is 0.385. The van der Waals surface area contributed by atoms with Crippen LogP contribution in [0.25, 0.3) is 0 Å². The molecule has 0 saturated heterocycles. The Hall–Kier alpha value is -1.73. The first-order valence-electron chi connectivity index (χ1n) is 5.64. The van der Waals surface area contributed by atoms with Crippen LogP contribution in [-0.4, -0.2) is 25.5 Å². The molecule has 18 heavy (non-hydrogen) atoms. The molecule has 0 unspecified atom stereocenters. The maximum atomic E-state index is 11.6. The maximum Gasteiger partial charge on any atom is 0.239 e. The molecule has 1 aromatic rings. The van der Waals surface area contributed by atoms with Crippen molar-refractivity contribution in [3.05, 3.63) is 28.8 Å². The smallest absolute Gasteiger partial charge is 0.239 e. The number of amides is 1. The lowest BCUT2D eigenvalue weighted by Gasteiger charge is -2.20. The van der Waals surface area contributed by atoms with Gasteiger partial charge in [0.05, 0.1) is 28.9 Å². The van der Waals surface area contributed by atoms with Gasteiger partial charge in [-0.2, -0.15) is 5.26 Å². The third-order valence-corrected chi connectivity index (χ3v) is 2.62. The van der Waals surface area contributed by atoms with Crippen molar-refractivity contribution in [1.82, 2.24) is 5.32 Å². The summed E-state index contributed by atoms with van der Waals surface area (Å²) >= 11 is 6.07. The molecule has 0 aliphatic heterocycles. The standard InChI is InChI=1S/C13H16ClN3O/c1-9(2)16-13(18)8-17(3)12-5-4-10(7-15)6-11(12)14/h4-6,9H,8H2,1-3H3,(H,16,18). The van der Waals surface area contributed by atoms with E-state index in [1.165, 1.54) is 0 Å². The fourth-order valence-electron chi connectivity index (χ4n) is 1.55. The first kappa shape index (κ1) is 14.3. The average molecular weight is 266 g/mol. The van der Waals surface area contributed by atoms with Gasteiger partial charge >= 0.3 is 0 Å². The Morgan fingerprint density at radius 2 is 2.22 bits per heavy atom. The number of nitrogens with one attached hydrogen (secondary N) is 1. The van der Waals surface area contributed by atoms with Gasteiger partial charge in [0.2, 0.25) is 5.91 Å². The van der Waals surface area contributed by atoms with E-state index in [9.17, 15) is 4.79 Å². The van der Waals surface area contributed by atoms with Crippen LogP contribution in [0.1, 0.15) is 19.4 Å². The number of nitriles is 1. The summed E-state index contributed by atoms with van der Waals surface area (Å²) in [7, 11) is 1.78. The van der Waals surface area contributed by atoms with Gasteiger partial charge in [-0.25, -0.2) is 0 Å². The van der Waals surface area contributed by atoms with Crippen LogP contribution in [0, 0.1) is 11.3 Å². The highest BCUT2D eigenvalue weighted by molar-refractivity contribution is 6.33. The second kappa shape index (κ2) is 6.27. The normalized spacial score (nSPS) is 10.0. The number of nitrogens with zero attached hydrogens (tertiary/aromatic N) is 2.